The maximum Gasteiger partial charge on any atom is 0.0312 e. The molecular formula is C12H24. The highest BCUT2D eigenvalue weighted by molar-refractivity contribution is 4.91. The molecule has 0 aromatic carbocycles. The van der Waals surface area contributed by atoms with Crippen LogP contribution in [0.2, 0.25) is 0 Å². The zero-order valence-electron chi connectivity index (χ0n) is 10.4. The number of unbranched alkanes of at least 4 members (excludes halogenated alkanes) is 4. The van der Waals surface area contributed by atoms with Crippen molar-refractivity contribution in [2.75, 3.05) is 0 Å². The summed E-state index contributed by atoms with van der Waals surface area (Å²) in [6.45, 7) is 6.44. The van der Waals surface area contributed by atoms with Crippen LogP contribution in [-0.4, -0.2) is 0 Å². The second kappa shape index (κ2) is 8.83. The van der Waals surface area contributed by atoms with Crippen molar-refractivity contribution in [3.8, 4) is 0 Å². The van der Waals surface area contributed by atoms with E-state index in [0.29, 0.717) is 13.3 Å². The average Bonchev–Trinajstić information content (AvgIpc) is 2.17. The molecule has 0 heteroatoms. The van der Waals surface area contributed by atoms with Gasteiger partial charge in [0.15, 0.2) is 0 Å². The molecule has 72 valence electrons. The van der Waals surface area contributed by atoms with E-state index >= 15 is 0 Å². The highest BCUT2D eigenvalue weighted by atomic mass is 14.0. The summed E-state index contributed by atoms with van der Waals surface area (Å²) in [5, 5.41) is 0. The summed E-state index contributed by atoms with van der Waals surface area (Å²) in [6, 6.07) is 0. The van der Waals surface area contributed by atoms with Gasteiger partial charge in [-0.3, -0.25) is 0 Å². The Morgan fingerprint density at radius 3 is 2.58 bits per heavy atom. The summed E-state index contributed by atoms with van der Waals surface area (Å²) in [4.78, 5) is 0. The molecule has 0 amide bonds. The van der Waals surface area contributed by atoms with Crippen LogP contribution in [0.5, 0.6) is 0 Å². The van der Waals surface area contributed by atoms with Crippen LogP contribution in [0.25, 0.3) is 0 Å². The van der Waals surface area contributed by atoms with Crippen LogP contribution in [0.15, 0.2) is 12.2 Å². The molecule has 0 aliphatic carbocycles. The van der Waals surface area contributed by atoms with E-state index < -0.39 is 0 Å². The quantitative estimate of drug-likeness (QED) is 0.366. The summed E-state index contributed by atoms with van der Waals surface area (Å²) in [5.41, 5.74) is 0.940. The van der Waals surface area contributed by atoms with Crippen molar-refractivity contribution < 1.29 is 2.74 Å². The highest BCUT2D eigenvalue weighted by Gasteiger charge is 1.92. The molecule has 0 N–H and O–H groups in total. The second-order valence-corrected chi connectivity index (χ2v) is 3.32. The molecule has 0 saturated heterocycles. The topological polar surface area (TPSA) is 0 Å². The van der Waals surface area contributed by atoms with E-state index in [-0.39, 0.29) is 6.40 Å². The maximum absolute atomic E-state index is 7.78. The van der Waals surface area contributed by atoms with Crippen LogP contribution >= 0.6 is 0 Å². The minimum Gasteiger partial charge on any atom is -0.0999 e. The predicted octanol–water partition coefficient (Wildman–Crippen LogP) is 4.70. The van der Waals surface area contributed by atoms with E-state index in [4.69, 9.17) is 2.74 Å². The van der Waals surface area contributed by atoms with E-state index in [0.717, 1.165) is 18.4 Å². The molecule has 1 unspecified atom stereocenters. The van der Waals surface area contributed by atoms with Gasteiger partial charge in [-0.1, -0.05) is 58.1 Å². The molecule has 0 saturated carbocycles. The van der Waals surface area contributed by atoms with E-state index in [9.17, 15) is 0 Å². The first kappa shape index (κ1) is 8.34. The SMILES string of the molecule is [2H]CCC(=C)C([2H])CCCCCCC. The molecule has 0 aliphatic rings. The van der Waals surface area contributed by atoms with E-state index in [1.807, 2.05) is 0 Å². The van der Waals surface area contributed by atoms with Gasteiger partial charge in [-0.2, -0.15) is 0 Å². The Labute approximate surface area is 80.9 Å². The molecule has 0 rings (SSSR count). The molecular weight excluding hydrogens is 144 g/mol. The van der Waals surface area contributed by atoms with E-state index in [1.54, 1.807) is 0 Å². The van der Waals surface area contributed by atoms with Gasteiger partial charge < -0.3 is 0 Å². The van der Waals surface area contributed by atoms with Crippen molar-refractivity contribution >= 4 is 0 Å². The van der Waals surface area contributed by atoms with E-state index in [1.165, 1.54) is 25.7 Å². The fraction of sp³-hybridized carbons (Fsp3) is 0.833. The summed E-state index contributed by atoms with van der Waals surface area (Å²) >= 11 is 0. The molecule has 0 aliphatic heterocycles. The molecule has 0 fully saturated rings. The second-order valence-electron chi connectivity index (χ2n) is 3.32. The fourth-order valence-corrected chi connectivity index (χ4v) is 1.16. The minimum absolute atomic E-state index is 0.123. The van der Waals surface area contributed by atoms with Crippen LogP contribution in [0.1, 0.15) is 67.9 Å². The molecule has 0 nitrogen and oxygen atoms in total. The van der Waals surface area contributed by atoms with Crippen molar-refractivity contribution in [1.82, 2.24) is 0 Å². The normalized spacial score (nSPS) is 15.1. The van der Waals surface area contributed by atoms with Gasteiger partial charge >= 0.3 is 0 Å². The minimum atomic E-state index is -0.123. The lowest BCUT2D eigenvalue weighted by Crippen LogP contribution is -1.81. The lowest BCUT2D eigenvalue weighted by molar-refractivity contribution is 0.604. The Kier molecular flexibility index (Phi) is 6.14. The third kappa shape index (κ3) is 7.84. The van der Waals surface area contributed by atoms with Gasteiger partial charge in [-0.25, -0.2) is 0 Å². The van der Waals surface area contributed by atoms with Crippen LogP contribution in [0, 0.1) is 0 Å². The highest BCUT2D eigenvalue weighted by Crippen LogP contribution is 2.12. The maximum atomic E-state index is 7.78. The zero-order valence-corrected chi connectivity index (χ0v) is 8.44. The third-order valence-electron chi connectivity index (χ3n) is 2.06. The van der Waals surface area contributed by atoms with Gasteiger partial charge in [0, 0.05) is 2.74 Å². The van der Waals surface area contributed by atoms with Crippen LogP contribution in [-0.2, 0) is 0 Å². The summed E-state index contributed by atoms with van der Waals surface area (Å²) < 4.78 is 14.8. The molecule has 0 heterocycles. The molecule has 12 heavy (non-hydrogen) atoms. The molecule has 0 aromatic heterocycles. The Hall–Kier alpha value is -0.260. The Morgan fingerprint density at radius 2 is 1.92 bits per heavy atom. The predicted molar refractivity (Wildman–Crippen MR) is 57.4 cm³/mol. The van der Waals surface area contributed by atoms with Gasteiger partial charge in [0.25, 0.3) is 0 Å². The smallest absolute Gasteiger partial charge is 0.0312 e. The monoisotopic (exact) mass is 170 g/mol. The first-order chi connectivity index (χ1) is 6.72. The van der Waals surface area contributed by atoms with Gasteiger partial charge in [-0.05, 0) is 19.2 Å². The van der Waals surface area contributed by atoms with Crippen molar-refractivity contribution in [3.05, 3.63) is 12.2 Å². The summed E-state index contributed by atoms with van der Waals surface area (Å²) in [6.07, 6.45) is 7.79. The average molecular weight is 170 g/mol. The fourth-order valence-electron chi connectivity index (χ4n) is 1.16. The lowest BCUT2D eigenvalue weighted by Gasteiger charge is -2.01. The number of hydrogen-bond acceptors (Lipinski definition) is 0. The van der Waals surface area contributed by atoms with Gasteiger partial charge in [0.2, 0.25) is 0 Å². The Balaban J connectivity index is 3.34. The van der Waals surface area contributed by atoms with Crippen LogP contribution in [0.4, 0.5) is 0 Å². The molecule has 0 radical (unpaired) electrons. The Morgan fingerprint density at radius 1 is 1.25 bits per heavy atom. The van der Waals surface area contributed by atoms with Gasteiger partial charge in [0.1, 0.15) is 0 Å². The molecule has 0 spiro atoms. The summed E-state index contributed by atoms with van der Waals surface area (Å²) in [5.74, 6) is 0. The van der Waals surface area contributed by atoms with Crippen molar-refractivity contribution in [3.63, 3.8) is 0 Å². The van der Waals surface area contributed by atoms with Crippen molar-refractivity contribution in [2.24, 2.45) is 0 Å². The van der Waals surface area contributed by atoms with Gasteiger partial charge in [0.05, 0.1) is 0 Å². The first-order valence-corrected chi connectivity index (χ1v) is 5.11. The standard InChI is InChI=1S/C12H24/c1-4-6-7-8-9-10-11-12(3)5-2/h3-11H2,1-2H3/i2D,11D. The Bertz CT molecular complexity index is 143. The van der Waals surface area contributed by atoms with E-state index in [2.05, 4.69) is 13.5 Å². The molecule has 1 atom stereocenters. The van der Waals surface area contributed by atoms with Crippen molar-refractivity contribution in [1.29, 1.82) is 0 Å². The number of rotatable bonds is 8. The summed E-state index contributed by atoms with van der Waals surface area (Å²) in [7, 11) is 0. The third-order valence-corrected chi connectivity index (χ3v) is 2.06. The molecule has 0 aromatic rings. The van der Waals surface area contributed by atoms with Crippen LogP contribution < -0.4 is 0 Å². The number of allylic oxidation sites excluding steroid dienone is 1. The van der Waals surface area contributed by atoms with Gasteiger partial charge in [-0.15, -0.1) is 0 Å². The zero-order chi connectivity index (χ0) is 10.8. The first-order valence-electron chi connectivity index (χ1n) is 6.40. The largest absolute Gasteiger partial charge is 0.0999 e. The number of hydrogen-bond donors (Lipinski definition) is 0. The van der Waals surface area contributed by atoms with Crippen molar-refractivity contribution in [2.45, 2.75) is 65.2 Å². The van der Waals surface area contributed by atoms with Crippen LogP contribution in [0.3, 0.4) is 0 Å². The lowest BCUT2D eigenvalue weighted by atomic mass is 10.1. The molecule has 0 bridgehead atoms.